The molecule has 0 aromatic carbocycles. The Balaban J connectivity index is 1.45. The number of nitrogens with zero attached hydrogens (tertiary/aromatic N) is 4. The van der Waals surface area contributed by atoms with Gasteiger partial charge in [-0.3, -0.25) is 4.79 Å². The van der Waals surface area contributed by atoms with Crippen LogP contribution >= 0.6 is 11.8 Å². The maximum atomic E-state index is 13.4. The van der Waals surface area contributed by atoms with Crippen molar-refractivity contribution in [1.29, 1.82) is 0 Å². The number of hydrogen-bond acceptors (Lipinski definition) is 7. The van der Waals surface area contributed by atoms with Crippen molar-refractivity contribution in [2.24, 2.45) is 0 Å². The zero-order valence-corrected chi connectivity index (χ0v) is 17.9. The molecule has 1 aliphatic heterocycles. The van der Waals surface area contributed by atoms with Crippen LogP contribution in [0.4, 0.5) is 19.0 Å². The summed E-state index contributed by atoms with van der Waals surface area (Å²) in [6.45, 7) is 5.77. The number of nitrogens with one attached hydrogen (secondary N) is 1. The standard InChI is InChI=1S/C20H24F3N5O2S/c1-2-27-7-9-28(10-8-27)17-11-16(20(21,22)23)25-19(26-17)31-12-14-5-6-15(30-14)18(29)24-13-3-4-13/h5-6,11,13H,2-4,7-10,12H2,1H3,(H,24,29). The molecule has 0 radical (unpaired) electrons. The molecule has 1 saturated carbocycles. The number of piperazine rings is 1. The molecule has 0 spiro atoms. The molecule has 0 bridgehead atoms. The Morgan fingerprint density at radius 2 is 1.97 bits per heavy atom. The summed E-state index contributed by atoms with van der Waals surface area (Å²) in [7, 11) is 0. The Bertz CT molecular complexity index is 924. The van der Waals surface area contributed by atoms with E-state index < -0.39 is 11.9 Å². The molecule has 4 rings (SSSR count). The van der Waals surface area contributed by atoms with Crippen LogP contribution in [0.2, 0.25) is 0 Å². The van der Waals surface area contributed by atoms with E-state index in [4.69, 9.17) is 4.42 Å². The second-order valence-electron chi connectivity index (χ2n) is 7.62. The van der Waals surface area contributed by atoms with Crippen molar-refractivity contribution in [3.63, 3.8) is 0 Å². The third kappa shape index (κ3) is 5.70. The summed E-state index contributed by atoms with van der Waals surface area (Å²) in [5.74, 6) is 0.903. The van der Waals surface area contributed by atoms with Gasteiger partial charge in [0.1, 0.15) is 11.6 Å². The summed E-state index contributed by atoms with van der Waals surface area (Å²) in [6.07, 6.45) is -2.62. The van der Waals surface area contributed by atoms with Gasteiger partial charge in [-0.1, -0.05) is 18.7 Å². The molecule has 11 heteroatoms. The first-order valence-corrected chi connectivity index (χ1v) is 11.3. The monoisotopic (exact) mass is 455 g/mol. The van der Waals surface area contributed by atoms with Gasteiger partial charge >= 0.3 is 6.18 Å². The summed E-state index contributed by atoms with van der Waals surface area (Å²) in [5, 5.41) is 2.86. The summed E-state index contributed by atoms with van der Waals surface area (Å²) in [6, 6.07) is 4.44. The number of carbonyl (C=O) groups is 1. The molecule has 31 heavy (non-hydrogen) atoms. The van der Waals surface area contributed by atoms with E-state index in [1.807, 2.05) is 4.90 Å². The second kappa shape index (κ2) is 9.07. The van der Waals surface area contributed by atoms with Crippen molar-refractivity contribution in [2.45, 2.75) is 42.9 Å². The minimum absolute atomic E-state index is 0.0307. The Hall–Kier alpha value is -2.27. The Morgan fingerprint density at radius 1 is 1.23 bits per heavy atom. The maximum absolute atomic E-state index is 13.4. The van der Waals surface area contributed by atoms with Crippen molar-refractivity contribution < 1.29 is 22.4 Å². The third-order valence-electron chi connectivity index (χ3n) is 5.27. The predicted molar refractivity (Wildman–Crippen MR) is 110 cm³/mol. The number of amides is 1. The van der Waals surface area contributed by atoms with Gasteiger partial charge in [-0.2, -0.15) is 13.2 Å². The first-order valence-electron chi connectivity index (χ1n) is 10.3. The number of aromatic nitrogens is 2. The van der Waals surface area contributed by atoms with Crippen molar-refractivity contribution in [1.82, 2.24) is 20.2 Å². The number of halogens is 3. The van der Waals surface area contributed by atoms with Gasteiger partial charge in [0.25, 0.3) is 5.91 Å². The molecular weight excluding hydrogens is 431 g/mol. The number of carbonyl (C=O) groups excluding carboxylic acids is 1. The molecule has 1 aliphatic carbocycles. The van der Waals surface area contributed by atoms with E-state index in [1.165, 1.54) is 0 Å². The number of thioether (sulfide) groups is 1. The number of rotatable bonds is 7. The van der Waals surface area contributed by atoms with Crippen LogP contribution in [0.25, 0.3) is 0 Å². The van der Waals surface area contributed by atoms with Crippen molar-refractivity contribution in [3.05, 3.63) is 35.4 Å². The van der Waals surface area contributed by atoms with Crippen LogP contribution in [0.3, 0.4) is 0 Å². The number of hydrogen-bond donors (Lipinski definition) is 1. The maximum Gasteiger partial charge on any atom is 0.433 e. The average molecular weight is 456 g/mol. The Morgan fingerprint density at radius 3 is 2.61 bits per heavy atom. The van der Waals surface area contributed by atoms with E-state index in [-0.39, 0.29) is 34.4 Å². The van der Waals surface area contributed by atoms with E-state index in [0.717, 1.165) is 50.3 Å². The largest absolute Gasteiger partial charge is 0.455 e. The molecule has 2 aromatic rings. The van der Waals surface area contributed by atoms with Gasteiger partial charge in [0, 0.05) is 38.3 Å². The lowest BCUT2D eigenvalue weighted by Gasteiger charge is -2.35. The molecular formula is C20H24F3N5O2S. The summed E-state index contributed by atoms with van der Waals surface area (Å²) in [4.78, 5) is 24.2. The molecule has 2 aliphatic rings. The Labute approximate surface area is 182 Å². The molecule has 3 heterocycles. The van der Waals surface area contributed by atoms with Crippen LogP contribution < -0.4 is 10.2 Å². The van der Waals surface area contributed by atoms with E-state index in [0.29, 0.717) is 18.8 Å². The fraction of sp³-hybridized carbons (Fsp3) is 0.550. The molecule has 0 atom stereocenters. The number of furan rings is 1. The second-order valence-corrected chi connectivity index (χ2v) is 8.56. The molecule has 1 N–H and O–H groups in total. The molecule has 0 unspecified atom stereocenters. The van der Waals surface area contributed by atoms with Crippen LogP contribution in [0.5, 0.6) is 0 Å². The van der Waals surface area contributed by atoms with Gasteiger partial charge in [-0.15, -0.1) is 0 Å². The van der Waals surface area contributed by atoms with E-state index in [2.05, 4.69) is 27.1 Å². The first-order chi connectivity index (χ1) is 14.8. The zero-order chi connectivity index (χ0) is 22.0. The Kier molecular flexibility index (Phi) is 6.42. The SMILES string of the molecule is CCN1CCN(c2cc(C(F)(F)F)nc(SCc3ccc(C(=O)NC4CC4)o3)n2)CC1. The minimum atomic E-state index is -4.56. The highest BCUT2D eigenvalue weighted by Gasteiger charge is 2.34. The van der Waals surface area contributed by atoms with Crippen molar-refractivity contribution >= 4 is 23.5 Å². The van der Waals surface area contributed by atoms with Gasteiger partial charge in [0.2, 0.25) is 0 Å². The smallest absolute Gasteiger partial charge is 0.433 e. The summed E-state index contributed by atoms with van der Waals surface area (Å²) >= 11 is 1.05. The molecule has 1 saturated heterocycles. The quantitative estimate of drug-likeness (QED) is 0.507. The first kappa shape index (κ1) is 21.9. The van der Waals surface area contributed by atoms with Gasteiger partial charge in [0.15, 0.2) is 16.6 Å². The number of anilines is 1. The van der Waals surface area contributed by atoms with Gasteiger partial charge in [-0.05, 0) is 31.5 Å². The molecule has 1 amide bonds. The normalized spacial score (nSPS) is 17.7. The number of alkyl halides is 3. The van der Waals surface area contributed by atoms with Crippen LogP contribution in [0.1, 0.15) is 41.8 Å². The van der Waals surface area contributed by atoms with Crippen LogP contribution in [-0.4, -0.2) is 59.5 Å². The molecule has 2 aromatic heterocycles. The van der Waals surface area contributed by atoms with E-state index >= 15 is 0 Å². The highest BCUT2D eigenvalue weighted by atomic mass is 32.2. The van der Waals surface area contributed by atoms with Crippen molar-refractivity contribution in [3.8, 4) is 0 Å². The van der Waals surface area contributed by atoms with Gasteiger partial charge < -0.3 is 19.5 Å². The van der Waals surface area contributed by atoms with Crippen LogP contribution in [0.15, 0.2) is 27.8 Å². The summed E-state index contributed by atoms with van der Waals surface area (Å²) < 4.78 is 45.8. The minimum Gasteiger partial charge on any atom is -0.455 e. The zero-order valence-electron chi connectivity index (χ0n) is 17.1. The van der Waals surface area contributed by atoms with Crippen molar-refractivity contribution in [2.75, 3.05) is 37.6 Å². The van der Waals surface area contributed by atoms with Gasteiger partial charge in [0.05, 0.1) is 5.75 Å². The summed E-state index contributed by atoms with van der Waals surface area (Å²) in [5.41, 5.74) is -0.957. The highest BCUT2D eigenvalue weighted by molar-refractivity contribution is 7.98. The topological polar surface area (TPSA) is 74.5 Å². The molecule has 2 fully saturated rings. The molecule has 7 nitrogen and oxygen atoms in total. The fourth-order valence-corrected chi connectivity index (χ4v) is 4.02. The fourth-order valence-electron chi connectivity index (χ4n) is 3.28. The lowest BCUT2D eigenvalue weighted by atomic mass is 10.3. The highest BCUT2D eigenvalue weighted by Crippen LogP contribution is 2.32. The lowest BCUT2D eigenvalue weighted by molar-refractivity contribution is -0.141. The third-order valence-corrected chi connectivity index (χ3v) is 6.14. The van der Waals surface area contributed by atoms with E-state index in [1.54, 1.807) is 12.1 Å². The molecule has 168 valence electrons. The van der Waals surface area contributed by atoms with Crippen LogP contribution in [-0.2, 0) is 11.9 Å². The van der Waals surface area contributed by atoms with E-state index in [9.17, 15) is 18.0 Å². The lowest BCUT2D eigenvalue weighted by Crippen LogP contribution is -2.46. The van der Waals surface area contributed by atoms with Gasteiger partial charge in [-0.25, -0.2) is 9.97 Å². The predicted octanol–water partition coefficient (Wildman–Crippen LogP) is 3.41. The average Bonchev–Trinajstić information content (AvgIpc) is 3.44. The number of likely N-dealkylation sites (N-methyl/N-ethyl adjacent to an activating group) is 1. The van der Waals surface area contributed by atoms with Crippen LogP contribution in [0, 0.1) is 0 Å².